The fourth-order valence-corrected chi connectivity index (χ4v) is 3.25. The van der Waals surface area contributed by atoms with Crippen LogP contribution in [-0.4, -0.2) is 18.4 Å². The van der Waals surface area contributed by atoms with Crippen molar-refractivity contribution < 1.29 is 19.1 Å². The molecule has 4 nitrogen and oxygen atoms in total. The summed E-state index contributed by atoms with van der Waals surface area (Å²) >= 11 is 0. The Balaban J connectivity index is 1.76. The molecule has 3 aromatic rings. The van der Waals surface area contributed by atoms with Gasteiger partial charge in [0.1, 0.15) is 12.4 Å². The monoisotopic (exact) mass is 414 g/mol. The molecule has 158 valence electrons. The van der Waals surface area contributed by atoms with Crippen molar-refractivity contribution in [2.24, 2.45) is 0 Å². The van der Waals surface area contributed by atoms with Crippen molar-refractivity contribution >= 4 is 11.8 Å². The lowest BCUT2D eigenvalue weighted by molar-refractivity contribution is -0.137. The predicted octanol–water partition coefficient (Wildman–Crippen LogP) is 5.74. The Morgan fingerprint density at radius 2 is 1.61 bits per heavy atom. The molecule has 0 saturated carbocycles. The molecule has 31 heavy (non-hydrogen) atoms. The molecule has 0 bridgehead atoms. The first-order valence-corrected chi connectivity index (χ1v) is 10.4. The number of carbonyl (C=O) groups is 2. The molecular weight excluding hydrogens is 388 g/mol. The molecule has 0 fully saturated rings. The Bertz CT molecular complexity index is 1010. The number of carbonyl (C=O) groups excluding carboxylic acids is 2. The first-order chi connectivity index (χ1) is 15.2. The zero-order chi connectivity index (χ0) is 21.9. The molecule has 3 aromatic carbocycles. The number of hydrogen-bond acceptors (Lipinski definition) is 4. The van der Waals surface area contributed by atoms with Crippen LogP contribution in [0.5, 0.6) is 5.75 Å². The van der Waals surface area contributed by atoms with Gasteiger partial charge >= 0.3 is 5.97 Å². The highest BCUT2D eigenvalue weighted by Crippen LogP contribution is 2.27. The third-order valence-electron chi connectivity index (χ3n) is 4.80. The minimum Gasteiger partial charge on any atom is -0.489 e. The number of ketones is 1. The summed E-state index contributed by atoms with van der Waals surface area (Å²) in [4.78, 5) is 25.0. The fraction of sp³-hybridized carbons (Fsp3) is 0.185. The minimum absolute atomic E-state index is 0.0233. The van der Waals surface area contributed by atoms with Crippen molar-refractivity contribution in [2.45, 2.75) is 25.9 Å². The van der Waals surface area contributed by atoms with E-state index in [0.717, 1.165) is 11.1 Å². The van der Waals surface area contributed by atoms with Crippen molar-refractivity contribution in [1.82, 2.24) is 0 Å². The van der Waals surface area contributed by atoms with Gasteiger partial charge in [0, 0.05) is 11.6 Å². The van der Waals surface area contributed by atoms with E-state index in [4.69, 9.17) is 9.47 Å². The first kappa shape index (κ1) is 22.0. The third-order valence-corrected chi connectivity index (χ3v) is 4.80. The summed E-state index contributed by atoms with van der Waals surface area (Å²) < 4.78 is 10.8. The lowest BCUT2D eigenvalue weighted by Crippen LogP contribution is -2.13. The molecule has 0 aliphatic carbocycles. The van der Waals surface area contributed by atoms with Gasteiger partial charge < -0.3 is 9.47 Å². The number of esters is 1. The number of benzene rings is 3. The minimum atomic E-state index is -0.406. The van der Waals surface area contributed by atoms with Gasteiger partial charge in [0.05, 0.1) is 12.5 Å². The summed E-state index contributed by atoms with van der Waals surface area (Å²) in [7, 11) is 0. The molecule has 3 rings (SSSR count). The van der Waals surface area contributed by atoms with Gasteiger partial charge in [0.2, 0.25) is 0 Å². The maximum absolute atomic E-state index is 13.4. The maximum Gasteiger partial charge on any atom is 0.330 e. The van der Waals surface area contributed by atoms with Crippen LogP contribution in [0.1, 0.15) is 40.7 Å². The number of rotatable bonds is 10. The van der Waals surface area contributed by atoms with Crippen molar-refractivity contribution in [2.75, 3.05) is 6.61 Å². The molecule has 0 N–H and O–H groups in total. The Morgan fingerprint density at radius 3 is 2.32 bits per heavy atom. The highest BCUT2D eigenvalue weighted by atomic mass is 16.5. The summed E-state index contributed by atoms with van der Waals surface area (Å²) in [6, 6.07) is 26.7. The van der Waals surface area contributed by atoms with E-state index in [9.17, 15) is 9.59 Å². The molecule has 0 amide bonds. The number of ether oxygens (including phenoxy) is 2. The van der Waals surface area contributed by atoms with E-state index in [1.165, 1.54) is 6.08 Å². The van der Waals surface area contributed by atoms with E-state index in [-0.39, 0.29) is 5.78 Å². The van der Waals surface area contributed by atoms with Crippen LogP contribution in [-0.2, 0) is 16.1 Å². The van der Waals surface area contributed by atoms with Gasteiger partial charge in [-0.3, -0.25) is 4.79 Å². The molecule has 1 unspecified atom stereocenters. The second kappa shape index (κ2) is 11.5. The molecule has 0 aliphatic rings. The van der Waals surface area contributed by atoms with E-state index in [2.05, 4.69) is 0 Å². The second-order valence-corrected chi connectivity index (χ2v) is 7.02. The Kier molecular flexibility index (Phi) is 8.18. The van der Waals surface area contributed by atoms with Gasteiger partial charge in [0.25, 0.3) is 0 Å². The molecule has 4 heteroatoms. The summed E-state index contributed by atoms with van der Waals surface area (Å²) in [6.07, 6.45) is 3.48. The summed E-state index contributed by atoms with van der Waals surface area (Å²) in [6.45, 7) is 2.51. The van der Waals surface area contributed by atoms with Crippen molar-refractivity contribution in [1.29, 1.82) is 0 Å². The van der Waals surface area contributed by atoms with Gasteiger partial charge in [-0.2, -0.15) is 0 Å². The summed E-state index contributed by atoms with van der Waals surface area (Å²) in [5.74, 6) is -0.192. The van der Waals surface area contributed by atoms with Crippen LogP contribution >= 0.6 is 0 Å². The van der Waals surface area contributed by atoms with E-state index < -0.39 is 11.9 Å². The average Bonchev–Trinajstić information content (AvgIpc) is 2.82. The molecule has 0 spiro atoms. The van der Waals surface area contributed by atoms with Gasteiger partial charge in [-0.1, -0.05) is 78.9 Å². The smallest absolute Gasteiger partial charge is 0.330 e. The van der Waals surface area contributed by atoms with Crippen LogP contribution < -0.4 is 4.74 Å². The SMILES string of the molecule is CCOC(=O)C=CCC(C(=O)c1cccc(OCc2ccccc2)c1)c1ccccc1. The zero-order valence-electron chi connectivity index (χ0n) is 17.6. The molecule has 0 saturated heterocycles. The largest absolute Gasteiger partial charge is 0.489 e. The van der Waals surface area contributed by atoms with Crippen LogP contribution in [0.3, 0.4) is 0 Å². The molecule has 0 radical (unpaired) electrons. The Morgan fingerprint density at radius 1 is 0.903 bits per heavy atom. The Hall–Kier alpha value is -3.66. The zero-order valence-corrected chi connectivity index (χ0v) is 17.6. The van der Waals surface area contributed by atoms with Crippen LogP contribution in [0.2, 0.25) is 0 Å². The summed E-state index contributed by atoms with van der Waals surface area (Å²) in [5.41, 5.74) is 2.53. The van der Waals surface area contributed by atoms with E-state index >= 15 is 0 Å². The van der Waals surface area contributed by atoms with Crippen molar-refractivity contribution in [3.63, 3.8) is 0 Å². The number of allylic oxidation sites excluding steroid dienone is 1. The van der Waals surface area contributed by atoms with Crippen molar-refractivity contribution in [3.05, 3.63) is 114 Å². The lowest BCUT2D eigenvalue weighted by Gasteiger charge is -2.15. The van der Waals surface area contributed by atoms with Gasteiger partial charge in [-0.05, 0) is 36.6 Å². The molecule has 0 aliphatic heterocycles. The summed E-state index contributed by atoms with van der Waals surface area (Å²) in [5, 5.41) is 0. The quantitative estimate of drug-likeness (QED) is 0.241. The molecule has 1 atom stereocenters. The van der Waals surface area contributed by atoms with Gasteiger partial charge in [0.15, 0.2) is 5.78 Å². The van der Waals surface area contributed by atoms with Crippen LogP contribution in [0.25, 0.3) is 0 Å². The first-order valence-electron chi connectivity index (χ1n) is 10.4. The Labute approximate surface area is 183 Å². The maximum atomic E-state index is 13.4. The van der Waals surface area contributed by atoms with Crippen LogP contribution in [0, 0.1) is 0 Å². The second-order valence-electron chi connectivity index (χ2n) is 7.02. The lowest BCUT2D eigenvalue weighted by atomic mass is 9.88. The standard InChI is InChI=1S/C27H26O4/c1-2-30-26(28)18-10-17-25(22-13-7-4-8-14-22)27(29)23-15-9-16-24(19-23)31-20-21-11-5-3-6-12-21/h3-16,18-19,25H,2,17,20H2,1H3. The van der Waals surface area contributed by atoms with Crippen LogP contribution in [0.4, 0.5) is 0 Å². The van der Waals surface area contributed by atoms with Crippen molar-refractivity contribution in [3.8, 4) is 5.75 Å². The highest BCUT2D eigenvalue weighted by molar-refractivity contribution is 6.01. The molecule has 0 aromatic heterocycles. The third kappa shape index (κ3) is 6.68. The van der Waals surface area contributed by atoms with Gasteiger partial charge in [-0.15, -0.1) is 0 Å². The normalized spacial score (nSPS) is 11.8. The molecular formula is C27H26O4. The van der Waals surface area contributed by atoms with E-state index in [0.29, 0.717) is 30.9 Å². The van der Waals surface area contributed by atoms with E-state index in [1.807, 2.05) is 72.8 Å². The number of Topliss-reactive ketones (excluding diaryl/α,β-unsaturated/α-hetero) is 1. The predicted molar refractivity (Wildman–Crippen MR) is 121 cm³/mol. The molecule has 0 heterocycles. The number of hydrogen-bond donors (Lipinski definition) is 0. The van der Waals surface area contributed by atoms with Crippen LogP contribution in [0.15, 0.2) is 97.1 Å². The van der Waals surface area contributed by atoms with Gasteiger partial charge in [-0.25, -0.2) is 4.79 Å². The highest BCUT2D eigenvalue weighted by Gasteiger charge is 2.21. The average molecular weight is 415 g/mol. The topological polar surface area (TPSA) is 52.6 Å². The van der Waals surface area contributed by atoms with E-state index in [1.54, 1.807) is 25.1 Å². The fourth-order valence-electron chi connectivity index (χ4n) is 3.25.